The van der Waals surface area contributed by atoms with Crippen LogP contribution in [-0.4, -0.2) is 35.8 Å². The van der Waals surface area contributed by atoms with Gasteiger partial charge in [-0.3, -0.25) is 0 Å². The maximum Gasteiger partial charge on any atom is 0.416 e. The number of aromatic nitrogens is 1. The van der Waals surface area contributed by atoms with Crippen molar-refractivity contribution in [3.8, 4) is 0 Å². The highest BCUT2D eigenvalue weighted by atomic mass is 32.1. The van der Waals surface area contributed by atoms with E-state index in [1.165, 1.54) is 17.4 Å². The fourth-order valence-corrected chi connectivity index (χ4v) is 3.73. The highest BCUT2D eigenvalue weighted by molar-refractivity contribution is 7.22. The van der Waals surface area contributed by atoms with Crippen LogP contribution in [0, 0.1) is 0 Å². The number of rotatable bonds is 2. The minimum atomic E-state index is -4.38. The molecule has 1 aliphatic rings. The fraction of sp³-hybridized carbons (Fsp3) is 0.529. The molecule has 1 aromatic carbocycles. The molecule has 5 nitrogen and oxygen atoms in total. The van der Waals surface area contributed by atoms with E-state index in [9.17, 15) is 18.0 Å². The normalized spacial score (nSPS) is 18.4. The molecule has 1 amide bonds. The van der Waals surface area contributed by atoms with Gasteiger partial charge >= 0.3 is 12.3 Å². The van der Waals surface area contributed by atoms with E-state index < -0.39 is 23.4 Å². The number of nitrogens with zero attached hydrogens (tertiary/aromatic N) is 2. The predicted octanol–water partition coefficient (Wildman–Crippen LogP) is 4.42. The summed E-state index contributed by atoms with van der Waals surface area (Å²) in [5.41, 5.74) is -0.929. The van der Waals surface area contributed by atoms with Gasteiger partial charge in [-0.15, -0.1) is 0 Å². The Morgan fingerprint density at radius 1 is 1.35 bits per heavy atom. The van der Waals surface area contributed by atoms with Crippen LogP contribution in [0.15, 0.2) is 18.2 Å². The van der Waals surface area contributed by atoms with Crippen molar-refractivity contribution < 1.29 is 22.7 Å². The standard InChI is InChI=1S/C17H20F3N3O2S/c1-16(2,3)25-15(24)21-11-6-7-23(9-11)14-22-12-8-10(17(18,19)20)4-5-13(12)26-14/h4-5,8,11H,6-7,9H2,1-3H3,(H,21,24)/t11-/m0/s1. The molecule has 142 valence electrons. The van der Waals surface area contributed by atoms with Gasteiger partial charge in [-0.05, 0) is 45.4 Å². The van der Waals surface area contributed by atoms with Crippen molar-refractivity contribution in [3.05, 3.63) is 23.8 Å². The van der Waals surface area contributed by atoms with Crippen molar-refractivity contribution in [2.24, 2.45) is 0 Å². The summed E-state index contributed by atoms with van der Waals surface area (Å²) in [6.45, 7) is 6.61. The molecular formula is C17H20F3N3O2S. The van der Waals surface area contributed by atoms with E-state index in [4.69, 9.17) is 4.74 Å². The number of anilines is 1. The van der Waals surface area contributed by atoms with Gasteiger partial charge < -0.3 is 15.0 Å². The summed E-state index contributed by atoms with van der Waals surface area (Å²) in [6, 6.07) is 3.51. The molecule has 1 aliphatic heterocycles. The monoisotopic (exact) mass is 387 g/mol. The second-order valence-corrected chi connectivity index (χ2v) is 8.26. The van der Waals surface area contributed by atoms with Crippen LogP contribution in [0.2, 0.25) is 0 Å². The molecule has 0 aliphatic carbocycles. The minimum Gasteiger partial charge on any atom is -0.444 e. The van der Waals surface area contributed by atoms with Crippen LogP contribution in [0.3, 0.4) is 0 Å². The number of carbonyl (C=O) groups is 1. The number of thiazole rings is 1. The van der Waals surface area contributed by atoms with Crippen LogP contribution in [0.25, 0.3) is 10.2 Å². The van der Waals surface area contributed by atoms with Gasteiger partial charge in [0.1, 0.15) is 5.60 Å². The van der Waals surface area contributed by atoms with Crippen LogP contribution >= 0.6 is 11.3 Å². The number of alkyl carbamates (subject to hydrolysis) is 1. The number of halogens is 3. The van der Waals surface area contributed by atoms with Crippen molar-refractivity contribution in [2.45, 2.75) is 45.0 Å². The van der Waals surface area contributed by atoms with E-state index >= 15 is 0 Å². The number of carbonyl (C=O) groups excluding carboxylic acids is 1. The van der Waals surface area contributed by atoms with Gasteiger partial charge in [0.25, 0.3) is 0 Å². The van der Waals surface area contributed by atoms with Gasteiger partial charge in [-0.2, -0.15) is 13.2 Å². The van der Waals surface area contributed by atoms with Crippen molar-refractivity contribution in [2.75, 3.05) is 18.0 Å². The Hall–Kier alpha value is -2.03. The lowest BCUT2D eigenvalue weighted by molar-refractivity contribution is -0.137. The van der Waals surface area contributed by atoms with Gasteiger partial charge in [0.05, 0.1) is 21.8 Å². The molecule has 0 bridgehead atoms. The number of benzene rings is 1. The van der Waals surface area contributed by atoms with E-state index in [1.54, 1.807) is 20.8 Å². The molecule has 1 atom stereocenters. The highest BCUT2D eigenvalue weighted by Gasteiger charge is 2.31. The van der Waals surface area contributed by atoms with Crippen LogP contribution in [0.1, 0.15) is 32.8 Å². The quantitative estimate of drug-likeness (QED) is 0.829. The number of nitrogens with one attached hydrogen (secondary N) is 1. The lowest BCUT2D eigenvalue weighted by Crippen LogP contribution is -2.40. The molecule has 26 heavy (non-hydrogen) atoms. The molecule has 0 saturated carbocycles. The third-order valence-corrected chi connectivity index (χ3v) is 4.98. The Bertz CT molecular complexity index is 814. The number of hydrogen-bond donors (Lipinski definition) is 1. The lowest BCUT2D eigenvalue weighted by atomic mass is 10.2. The average Bonchev–Trinajstić information content (AvgIpc) is 3.09. The Morgan fingerprint density at radius 2 is 2.08 bits per heavy atom. The van der Waals surface area contributed by atoms with Gasteiger partial charge in [0, 0.05) is 13.1 Å². The third kappa shape index (κ3) is 4.38. The number of amides is 1. The minimum absolute atomic E-state index is 0.0809. The van der Waals surface area contributed by atoms with Crippen molar-refractivity contribution in [1.82, 2.24) is 10.3 Å². The zero-order chi connectivity index (χ0) is 19.1. The summed E-state index contributed by atoms with van der Waals surface area (Å²) in [7, 11) is 0. The number of hydrogen-bond acceptors (Lipinski definition) is 5. The van der Waals surface area contributed by atoms with Crippen LogP contribution in [-0.2, 0) is 10.9 Å². The first-order valence-electron chi connectivity index (χ1n) is 8.23. The second-order valence-electron chi connectivity index (χ2n) is 7.25. The lowest BCUT2D eigenvalue weighted by Gasteiger charge is -2.21. The summed E-state index contributed by atoms with van der Waals surface area (Å²) < 4.78 is 44.4. The first-order chi connectivity index (χ1) is 12.0. The van der Waals surface area contributed by atoms with Crippen molar-refractivity contribution in [1.29, 1.82) is 0 Å². The predicted molar refractivity (Wildman–Crippen MR) is 94.6 cm³/mol. The molecule has 1 N–H and O–H groups in total. The van der Waals surface area contributed by atoms with E-state index in [1.807, 2.05) is 4.90 Å². The Balaban J connectivity index is 1.68. The van der Waals surface area contributed by atoms with Gasteiger partial charge in [-0.25, -0.2) is 9.78 Å². The van der Waals surface area contributed by atoms with Gasteiger partial charge in [-0.1, -0.05) is 11.3 Å². The molecule has 0 spiro atoms. The first kappa shape index (κ1) is 18.8. The molecule has 0 unspecified atom stereocenters. The summed E-state index contributed by atoms with van der Waals surface area (Å²) in [5, 5.41) is 3.48. The van der Waals surface area contributed by atoms with E-state index in [0.717, 1.165) is 18.6 Å². The zero-order valence-corrected chi connectivity index (χ0v) is 15.5. The largest absolute Gasteiger partial charge is 0.444 e. The summed E-state index contributed by atoms with van der Waals surface area (Å²) in [4.78, 5) is 18.2. The summed E-state index contributed by atoms with van der Waals surface area (Å²) in [5.74, 6) is 0. The summed E-state index contributed by atoms with van der Waals surface area (Å²) >= 11 is 1.35. The van der Waals surface area contributed by atoms with Crippen LogP contribution in [0.4, 0.5) is 23.1 Å². The first-order valence-corrected chi connectivity index (χ1v) is 9.05. The van der Waals surface area contributed by atoms with E-state index in [0.29, 0.717) is 28.4 Å². The van der Waals surface area contributed by atoms with Crippen LogP contribution < -0.4 is 10.2 Å². The third-order valence-electron chi connectivity index (χ3n) is 3.88. The van der Waals surface area contributed by atoms with Crippen molar-refractivity contribution >= 4 is 32.8 Å². The molecule has 0 radical (unpaired) electrons. The van der Waals surface area contributed by atoms with E-state index in [-0.39, 0.29) is 6.04 Å². The average molecular weight is 387 g/mol. The summed E-state index contributed by atoms with van der Waals surface area (Å²) in [6.07, 6.45) is -4.12. The molecule has 2 heterocycles. The topological polar surface area (TPSA) is 54.5 Å². The van der Waals surface area contributed by atoms with Crippen molar-refractivity contribution in [3.63, 3.8) is 0 Å². The van der Waals surface area contributed by atoms with Gasteiger partial charge in [0.2, 0.25) is 0 Å². The second kappa shape index (κ2) is 6.61. The number of alkyl halides is 3. The Labute approximate surface area is 153 Å². The molecule has 3 rings (SSSR count). The van der Waals surface area contributed by atoms with Crippen LogP contribution in [0.5, 0.6) is 0 Å². The molecule has 2 aromatic rings. The molecular weight excluding hydrogens is 367 g/mol. The SMILES string of the molecule is CC(C)(C)OC(=O)N[C@H]1CCN(c2nc3cc(C(F)(F)F)ccc3s2)C1. The number of ether oxygens (including phenoxy) is 1. The van der Waals surface area contributed by atoms with Gasteiger partial charge in [0.15, 0.2) is 5.13 Å². The fourth-order valence-electron chi connectivity index (χ4n) is 2.75. The molecule has 1 aromatic heterocycles. The zero-order valence-electron chi connectivity index (χ0n) is 14.7. The molecule has 1 saturated heterocycles. The molecule has 1 fully saturated rings. The number of fused-ring (bicyclic) bond motifs is 1. The maximum atomic E-state index is 12.8. The highest BCUT2D eigenvalue weighted by Crippen LogP contribution is 2.35. The maximum absolute atomic E-state index is 12.8. The van der Waals surface area contributed by atoms with E-state index in [2.05, 4.69) is 10.3 Å². The Kier molecular flexibility index (Phi) is 4.76. The molecule has 9 heteroatoms. The Morgan fingerprint density at radius 3 is 2.73 bits per heavy atom. The smallest absolute Gasteiger partial charge is 0.416 e.